The van der Waals surface area contributed by atoms with Crippen LogP contribution in [-0.4, -0.2) is 20.0 Å². The average molecular weight is 387 g/mol. The Kier molecular flexibility index (Phi) is 4.99. The van der Waals surface area contributed by atoms with Crippen LogP contribution >= 0.6 is 15.9 Å². The number of hydrogen-bond acceptors (Lipinski definition) is 2. The molecule has 2 aromatic carbocycles. The van der Waals surface area contributed by atoms with Crippen molar-refractivity contribution in [3.63, 3.8) is 0 Å². The van der Waals surface area contributed by atoms with E-state index in [-0.39, 0.29) is 11.3 Å². The Labute approximate surface area is 140 Å². The number of halogens is 4. The average Bonchev–Trinajstić information content (AvgIpc) is 2.46. The van der Waals surface area contributed by atoms with Crippen molar-refractivity contribution in [3.8, 4) is 0 Å². The largest absolute Gasteiger partial charge is 0.418 e. The molecule has 0 saturated heterocycles. The van der Waals surface area contributed by atoms with Gasteiger partial charge in [0.1, 0.15) is 0 Å². The quantitative estimate of drug-likeness (QED) is 0.822. The van der Waals surface area contributed by atoms with E-state index < -0.39 is 17.6 Å². The summed E-state index contributed by atoms with van der Waals surface area (Å²) in [6, 6.07) is 10.3. The lowest BCUT2D eigenvalue weighted by Gasteiger charge is -2.19. The van der Waals surface area contributed by atoms with Gasteiger partial charge in [0, 0.05) is 24.3 Å². The van der Waals surface area contributed by atoms with Gasteiger partial charge in [0.15, 0.2) is 0 Å². The molecule has 0 bridgehead atoms. The van der Waals surface area contributed by atoms with E-state index in [9.17, 15) is 18.0 Å². The van der Waals surface area contributed by atoms with Crippen molar-refractivity contribution in [2.24, 2.45) is 0 Å². The van der Waals surface area contributed by atoms with Crippen molar-refractivity contribution in [1.82, 2.24) is 0 Å². The first-order valence-electron chi connectivity index (χ1n) is 6.64. The van der Waals surface area contributed by atoms with Crippen molar-refractivity contribution < 1.29 is 18.0 Å². The van der Waals surface area contributed by atoms with E-state index in [1.165, 1.54) is 18.2 Å². The van der Waals surface area contributed by atoms with Crippen LogP contribution in [0.25, 0.3) is 0 Å². The van der Waals surface area contributed by atoms with Gasteiger partial charge in [-0.05, 0) is 46.3 Å². The molecule has 3 nitrogen and oxygen atoms in total. The third-order valence-corrected chi connectivity index (χ3v) is 3.88. The van der Waals surface area contributed by atoms with Gasteiger partial charge in [-0.1, -0.05) is 12.1 Å². The number of hydrogen-bond donors (Lipinski definition) is 1. The van der Waals surface area contributed by atoms with Gasteiger partial charge in [0.05, 0.1) is 16.8 Å². The molecule has 1 amide bonds. The predicted molar refractivity (Wildman–Crippen MR) is 87.9 cm³/mol. The van der Waals surface area contributed by atoms with Gasteiger partial charge in [0.25, 0.3) is 5.91 Å². The highest BCUT2D eigenvalue weighted by molar-refractivity contribution is 9.10. The zero-order valence-corrected chi connectivity index (χ0v) is 14.0. The smallest absolute Gasteiger partial charge is 0.378 e. The molecule has 0 unspecified atom stereocenters. The first-order valence-corrected chi connectivity index (χ1v) is 7.44. The SMILES string of the molecule is CN(C)c1ccc(NC(=O)c2ccccc2Br)c(C(F)(F)F)c1. The Bertz CT molecular complexity index is 730. The maximum absolute atomic E-state index is 13.2. The lowest BCUT2D eigenvalue weighted by Crippen LogP contribution is -2.18. The van der Waals surface area contributed by atoms with Gasteiger partial charge in [0.2, 0.25) is 0 Å². The van der Waals surface area contributed by atoms with Gasteiger partial charge >= 0.3 is 6.18 Å². The molecule has 0 spiro atoms. The number of nitrogens with one attached hydrogen (secondary N) is 1. The molecular formula is C16H14BrF3N2O. The molecule has 23 heavy (non-hydrogen) atoms. The Morgan fingerprint density at radius 3 is 2.35 bits per heavy atom. The molecule has 2 rings (SSSR count). The van der Waals surface area contributed by atoms with E-state index in [1.807, 2.05) is 0 Å². The van der Waals surface area contributed by atoms with E-state index in [1.54, 1.807) is 37.2 Å². The fourth-order valence-corrected chi connectivity index (χ4v) is 2.45. The summed E-state index contributed by atoms with van der Waals surface area (Å²) in [5.41, 5.74) is -0.499. The van der Waals surface area contributed by atoms with Crippen molar-refractivity contribution >= 4 is 33.2 Å². The molecule has 7 heteroatoms. The fourth-order valence-electron chi connectivity index (χ4n) is 1.99. The lowest BCUT2D eigenvalue weighted by molar-refractivity contribution is -0.136. The van der Waals surface area contributed by atoms with Crippen LogP contribution in [0.2, 0.25) is 0 Å². The molecule has 0 heterocycles. The van der Waals surface area contributed by atoms with E-state index in [0.29, 0.717) is 10.2 Å². The summed E-state index contributed by atoms with van der Waals surface area (Å²) in [6.07, 6.45) is -4.57. The molecule has 0 saturated carbocycles. The van der Waals surface area contributed by atoms with Crippen LogP contribution in [0.15, 0.2) is 46.9 Å². The number of carbonyl (C=O) groups excluding carboxylic acids is 1. The molecule has 0 atom stereocenters. The minimum atomic E-state index is -4.57. The normalized spacial score (nSPS) is 11.2. The van der Waals surface area contributed by atoms with Gasteiger partial charge in [-0.3, -0.25) is 4.79 Å². The molecule has 0 aliphatic carbocycles. The van der Waals surface area contributed by atoms with Crippen molar-refractivity contribution in [2.45, 2.75) is 6.18 Å². The number of anilines is 2. The molecule has 0 fully saturated rings. The second kappa shape index (κ2) is 6.62. The summed E-state index contributed by atoms with van der Waals surface area (Å²) < 4.78 is 40.2. The van der Waals surface area contributed by atoms with E-state index in [4.69, 9.17) is 0 Å². The maximum atomic E-state index is 13.2. The zero-order chi connectivity index (χ0) is 17.2. The Morgan fingerprint density at radius 2 is 1.78 bits per heavy atom. The molecule has 122 valence electrons. The number of alkyl halides is 3. The lowest BCUT2D eigenvalue weighted by atomic mass is 10.1. The van der Waals surface area contributed by atoms with E-state index in [2.05, 4.69) is 21.2 Å². The van der Waals surface area contributed by atoms with Crippen LogP contribution in [0.1, 0.15) is 15.9 Å². The Morgan fingerprint density at radius 1 is 1.13 bits per heavy atom. The topological polar surface area (TPSA) is 32.3 Å². The molecule has 0 aliphatic heterocycles. The minimum absolute atomic E-state index is 0.261. The van der Waals surface area contributed by atoms with Gasteiger partial charge < -0.3 is 10.2 Å². The highest BCUT2D eigenvalue weighted by atomic mass is 79.9. The van der Waals surface area contributed by atoms with Crippen LogP contribution in [0.3, 0.4) is 0 Å². The van der Waals surface area contributed by atoms with Crippen molar-refractivity contribution in [3.05, 3.63) is 58.1 Å². The van der Waals surface area contributed by atoms with Gasteiger partial charge in [-0.2, -0.15) is 13.2 Å². The standard InChI is InChI=1S/C16H14BrF3N2O/c1-22(2)10-7-8-14(12(9-10)16(18,19)20)21-15(23)11-5-3-4-6-13(11)17/h3-9H,1-2H3,(H,21,23). The first kappa shape index (κ1) is 17.3. The number of benzene rings is 2. The molecule has 0 aromatic heterocycles. The third-order valence-electron chi connectivity index (χ3n) is 3.19. The summed E-state index contributed by atoms with van der Waals surface area (Å²) in [7, 11) is 3.30. The highest BCUT2D eigenvalue weighted by Crippen LogP contribution is 2.37. The summed E-state index contributed by atoms with van der Waals surface area (Å²) in [5, 5.41) is 2.33. The van der Waals surface area contributed by atoms with Crippen LogP contribution < -0.4 is 10.2 Å². The molecule has 0 radical (unpaired) electrons. The van der Waals surface area contributed by atoms with Gasteiger partial charge in [-0.15, -0.1) is 0 Å². The maximum Gasteiger partial charge on any atom is 0.418 e. The predicted octanol–water partition coefficient (Wildman–Crippen LogP) is 4.79. The fraction of sp³-hybridized carbons (Fsp3) is 0.188. The summed E-state index contributed by atoms with van der Waals surface area (Å²) in [4.78, 5) is 13.8. The highest BCUT2D eigenvalue weighted by Gasteiger charge is 2.34. The second-order valence-electron chi connectivity index (χ2n) is 5.06. The number of nitrogens with zero attached hydrogens (tertiary/aromatic N) is 1. The van der Waals surface area contributed by atoms with E-state index >= 15 is 0 Å². The molecular weight excluding hydrogens is 373 g/mol. The third kappa shape index (κ3) is 4.04. The number of carbonyl (C=O) groups is 1. The van der Waals surface area contributed by atoms with Crippen LogP contribution in [0.4, 0.5) is 24.5 Å². The summed E-state index contributed by atoms with van der Waals surface area (Å²) >= 11 is 3.21. The zero-order valence-electron chi connectivity index (χ0n) is 12.4. The number of amides is 1. The molecule has 0 aliphatic rings. The first-order chi connectivity index (χ1) is 10.7. The molecule has 1 N–H and O–H groups in total. The van der Waals surface area contributed by atoms with Crippen LogP contribution in [0, 0.1) is 0 Å². The second-order valence-corrected chi connectivity index (χ2v) is 5.91. The summed E-state index contributed by atoms with van der Waals surface area (Å²) in [5.74, 6) is -0.611. The molecule has 2 aromatic rings. The van der Waals surface area contributed by atoms with Crippen LogP contribution in [0.5, 0.6) is 0 Å². The van der Waals surface area contributed by atoms with Crippen molar-refractivity contribution in [2.75, 3.05) is 24.3 Å². The van der Waals surface area contributed by atoms with Gasteiger partial charge in [-0.25, -0.2) is 0 Å². The number of rotatable bonds is 3. The minimum Gasteiger partial charge on any atom is -0.378 e. The van der Waals surface area contributed by atoms with Crippen LogP contribution in [-0.2, 0) is 6.18 Å². The van der Waals surface area contributed by atoms with Crippen molar-refractivity contribution in [1.29, 1.82) is 0 Å². The summed E-state index contributed by atoms with van der Waals surface area (Å²) in [6.45, 7) is 0. The Hall–Kier alpha value is -2.02. The monoisotopic (exact) mass is 386 g/mol. The Balaban J connectivity index is 2.40. The van der Waals surface area contributed by atoms with E-state index in [0.717, 1.165) is 6.07 Å².